The molecule has 0 aliphatic rings. The maximum absolute atomic E-state index is 13.2. The van der Waals surface area contributed by atoms with E-state index in [-0.39, 0.29) is 17.8 Å². The van der Waals surface area contributed by atoms with Gasteiger partial charge >= 0.3 is 0 Å². The Balaban J connectivity index is 1.45. The first-order valence-electron chi connectivity index (χ1n) is 10.3. The lowest BCUT2D eigenvalue weighted by atomic mass is 10.1. The van der Waals surface area contributed by atoms with E-state index in [0.717, 1.165) is 41.9 Å². The summed E-state index contributed by atoms with van der Waals surface area (Å²) in [5.41, 5.74) is 3.78. The summed E-state index contributed by atoms with van der Waals surface area (Å²) >= 11 is 6.21. The van der Waals surface area contributed by atoms with Crippen LogP contribution in [0.2, 0.25) is 5.02 Å². The fourth-order valence-corrected chi connectivity index (χ4v) is 3.88. The molecule has 0 spiro atoms. The number of hydrogen-bond acceptors (Lipinski definition) is 3. The largest absolute Gasteiger partial charge is 0.348 e. The second-order valence-electron chi connectivity index (χ2n) is 7.80. The van der Waals surface area contributed by atoms with E-state index in [1.54, 1.807) is 12.1 Å². The summed E-state index contributed by atoms with van der Waals surface area (Å²) in [6, 6.07) is 15.8. The van der Waals surface area contributed by atoms with Crippen LogP contribution in [-0.2, 0) is 18.3 Å². The van der Waals surface area contributed by atoms with E-state index < -0.39 is 0 Å². The van der Waals surface area contributed by atoms with Crippen molar-refractivity contribution in [2.75, 3.05) is 20.1 Å². The van der Waals surface area contributed by atoms with Gasteiger partial charge in [-0.05, 0) is 80.9 Å². The van der Waals surface area contributed by atoms with Crippen LogP contribution in [0.15, 0.2) is 54.6 Å². The van der Waals surface area contributed by atoms with Gasteiger partial charge in [-0.1, -0.05) is 29.8 Å². The second kappa shape index (κ2) is 10.6. The number of aromatic nitrogens is 2. The Labute approximate surface area is 187 Å². The molecule has 3 aromatic rings. The molecular weight excluding hydrogens is 415 g/mol. The Kier molecular flexibility index (Phi) is 7.82. The lowest BCUT2D eigenvalue weighted by molar-refractivity contribution is -0.122. The zero-order valence-electron chi connectivity index (χ0n) is 18.1. The van der Waals surface area contributed by atoms with Crippen LogP contribution >= 0.6 is 11.6 Å². The molecule has 1 amide bonds. The fraction of sp³-hybridized carbons (Fsp3) is 0.333. The summed E-state index contributed by atoms with van der Waals surface area (Å²) in [4.78, 5) is 14.4. The van der Waals surface area contributed by atoms with Crippen LogP contribution in [-0.4, -0.2) is 40.7 Å². The first kappa shape index (κ1) is 23.0. The van der Waals surface area contributed by atoms with Gasteiger partial charge in [-0.25, -0.2) is 4.39 Å². The molecule has 7 heteroatoms. The zero-order chi connectivity index (χ0) is 22.4. The van der Waals surface area contributed by atoms with Crippen molar-refractivity contribution < 1.29 is 9.18 Å². The highest BCUT2D eigenvalue weighted by atomic mass is 35.5. The highest BCUT2D eigenvalue weighted by Gasteiger charge is 2.14. The van der Waals surface area contributed by atoms with Crippen LogP contribution in [0.5, 0.6) is 0 Å². The second-order valence-corrected chi connectivity index (χ2v) is 8.21. The van der Waals surface area contributed by atoms with E-state index in [1.165, 1.54) is 12.1 Å². The van der Waals surface area contributed by atoms with E-state index >= 15 is 0 Å². The third kappa shape index (κ3) is 6.39. The van der Waals surface area contributed by atoms with Gasteiger partial charge in [0.2, 0.25) is 5.91 Å². The average molecular weight is 443 g/mol. The summed E-state index contributed by atoms with van der Waals surface area (Å²) in [6.07, 6.45) is 1.68. The third-order valence-corrected chi connectivity index (χ3v) is 5.55. The number of nitrogens with zero attached hydrogens (tertiary/aromatic N) is 3. The molecule has 1 N–H and O–H groups in total. The number of aryl methyl sites for hydroxylation is 2. The summed E-state index contributed by atoms with van der Waals surface area (Å²) in [6.45, 7) is 3.02. The number of carbonyl (C=O) groups is 1. The van der Waals surface area contributed by atoms with Crippen molar-refractivity contribution in [2.24, 2.45) is 7.05 Å². The van der Waals surface area contributed by atoms with Crippen molar-refractivity contribution in [1.82, 2.24) is 20.0 Å². The van der Waals surface area contributed by atoms with Crippen molar-refractivity contribution in [3.63, 3.8) is 0 Å². The highest BCUT2D eigenvalue weighted by Crippen LogP contribution is 2.22. The maximum atomic E-state index is 13.2. The summed E-state index contributed by atoms with van der Waals surface area (Å²) < 4.78 is 15.0. The molecule has 0 fully saturated rings. The maximum Gasteiger partial charge on any atom is 0.234 e. The number of nitrogens with one attached hydrogen (secondary N) is 1. The molecule has 0 aliphatic carbocycles. The number of likely N-dealkylation sites (N-methyl/N-ethyl adjacent to an activating group) is 1. The third-order valence-electron chi connectivity index (χ3n) is 5.21. The summed E-state index contributed by atoms with van der Waals surface area (Å²) in [5, 5.41) is 8.21. The summed E-state index contributed by atoms with van der Waals surface area (Å²) in [5.74, 6) is -0.286. The van der Waals surface area contributed by atoms with Crippen LogP contribution in [0.4, 0.5) is 4.39 Å². The number of hydrogen-bond donors (Lipinski definition) is 1. The van der Waals surface area contributed by atoms with Crippen LogP contribution in [0.25, 0.3) is 11.3 Å². The van der Waals surface area contributed by atoms with Gasteiger partial charge in [0.05, 0.1) is 24.0 Å². The first-order chi connectivity index (χ1) is 14.8. The molecule has 1 aromatic heterocycles. The van der Waals surface area contributed by atoms with Gasteiger partial charge in [0.1, 0.15) is 5.82 Å². The molecule has 0 aliphatic heterocycles. The predicted molar refractivity (Wildman–Crippen MR) is 122 cm³/mol. The van der Waals surface area contributed by atoms with Crippen LogP contribution in [0.1, 0.15) is 30.6 Å². The number of rotatable bonds is 9. The van der Waals surface area contributed by atoms with Crippen molar-refractivity contribution in [3.8, 4) is 11.3 Å². The quantitative estimate of drug-likeness (QED) is 0.526. The van der Waals surface area contributed by atoms with Crippen molar-refractivity contribution in [3.05, 3.63) is 76.7 Å². The first-order valence-corrected chi connectivity index (χ1v) is 10.7. The minimum Gasteiger partial charge on any atom is -0.348 e. The van der Waals surface area contributed by atoms with Gasteiger partial charge in [-0.3, -0.25) is 14.4 Å². The van der Waals surface area contributed by atoms with Crippen molar-refractivity contribution in [1.29, 1.82) is 0 Å². The molecule has 1 unspecified atom stereocenters. The van der Waals surface area contributed by atoms with E-state index in [0.29, 0.717) is 11.6 Å². The molecule has 3 rings (SSSR count). The standard InChI is InChI=1S/C24H28ClFN4O/c1-17(21-8-4-5-9-22(21)25)27-24(31)16-29(2)14-6-7-20-15-23(30(3)28-20)18-10-12-19(26)13-11-18/h4-5,8-13,15,17H,6-7,14,16H2,1-3H3,(H,27,31). The number of carbonyl (C=O) groups excluding carboxylic acids is 1. The Morgan fingerprint density at radius 3 is 2.65 bits per heavy atom. The van der Waals surface area contributed by atoms with E-state index in [4.69, 9.17) is 11.6 Å². The monoisotopic (exact) mass is 442 g/mol. The molecule has 0 radical (unpaired) electrons. The Morgan fingerprint density at radius 1 is 1.23 bits per heavy atom. The molecule has 0 saturated heterocycles. The average Bonchev–Trinajstić information content (AvgIpc) is 3.09. The lowest BCUT2D eigenvalue weighted by Gasteiger charge is -2.19. The number of benzene rings is 2. The highest BCUT2D eigenvalue weighted by molar-refractivity contribution is 6.31. The molecule has 0 saturated carbocycles. The fourth-order valence-electron chi connectivity index (χ4n) is 3.59. The van der Waals surface area contributed by atoms with E-state index in [2.05, 4.69) is 10.4 Å². The van der Waals surface area contributed by atoms with Crippen molar-refractivity contribution in [2.45, 2.75) is 25.8 Å². The molecule has 1 atom stereocenters. The molecule has 1 heterocycles. The van der Waals surface area contributed by atoms with E-state index in [1.807, 2.05) is 60.9 Å². The minimum atomic E-state index is -0.250. The van der Waals surface area contributed by atoms with Gasteiger partial charge in [0.15, 0.2) is 0 Å². The smallest absolute Gasteiger partial charge is 0.234 e. The van der Waals surface area contributed by atoms with Crippen LogP contribution in [0, 0.1) is 5.82 Å². The van der Waals surface area contributed by atoms with Gasteiger partial charge < -0.3 is 5.32 Å². The van der Waals surface area contributed by atoms with Gasteiger partial charge in [-0.2, -0.15) is 5.10 Å². The molecule has 5 nitrogen and oxygen atoms in total. The van der Waals surface area contributed by atoms with Crippen molar-refractivity contribution >= 4 is 17.5 Å². The van der Waals surface area contributed by atoms with Gasteiger partial charge in [-0.15, -0.1) is 0 Å². The van der Waals surface area contributed by atoms with Crippen LogP contribution < -0.4 is 5.32 Å². The van der Waals surface area contributed by atoms with E-state index in [9.17, 15) is 9.18 Å². The predicted octanol–water partition coefficient (Wildman–Crippen LogP) is 4.62. The molecule has 31 heavy (non-hydrogen) atoms. The Morgan fingerprint density at radius 2 is 1.94 bits per heavy atom. The summed E-state index contributed by atoms with van der Waals surface area (Å²) in [7, 11) is 3.82. The van der Waals surface area contributed by atoms with Gasteiger partial charge in [0, 0.05) is 12.1 Å². The number of amides is 1. The number of halogens is 2. The Bertz CT molecular complexity index is 1020. The van der Waals surface area contributed by atoms with Crippen LogP contribution in [0.3, 0.4) is 0 Å². The molecule has 164 valence electrons. The molecular formula is C24H28ClFN4O. The molecule has 2 aromatic carbocycles. The zero-order valence-corrected chi connectivity index (χ0v) is 18.9. The molecule has 0 bridgehead atoms. The SMILES string of the molecule is CC(NC(=O)CN(C)CCCc1cc(-c2ccc(F)cc2)n(C)n1)c1ccccc1Cl. The van der Waals surface area contributed by atoms with Gasteiger partial charge in [0.25, 0.3) is 0 Å². The lowest BCUT2D eigenvalue weighted by Crippen LogP contribution is -2.37. The minimum absolute atomic E-state index is 0.0358. The topological polar surface area (TPSA) is 50.2 Å². The normalized spacial score (nSPS) is 12.2. The Hall–Kier alpha value is -2.70.